The third kappa shape index (κ3) is 1.61. The maximum Gasteiger partial charge on any atom is 0.200 e. The van der Waals surface area contributed by atoms with Gasteiger partial charge in [0.1, 0.15) is 5.78 Å². The van der Waals surface area contributed by atoms with Crippen molar-refractivity contribution in [1.82, 2.24) is 0 Å². The van der Waals surface area contributed by atoms with E-state index in [2.05, 4.69) is 6.92 Å². The quantitative estimate of drug-likeness (QED) is 0.643. The number of fused-ring (bicyclic) bond motifs is 5. The molecule has 0 spiro atoms. The summed E-state index contributed by atoms with van der Waals surface area (Å²) in [6.45, 7) is 2.13. The lowest BCUT2D eigenvalue weighted by Gasteiger charge is -2.48. The molecule has 2 fully saturated rings. The molecule has 22 heavy (non-hydrogen) atoms. The summed E-state index contributed by atoms with van der Waals surface area (Å²) in [6.07, 6.45) is 5.13. The van der Waals surface area contributed by atoms with Gasteiger partial charge in [0.2, 0.25) is 5.75 Å². The smallest absolute Gasteiger partial charge is 0.200 e. The molecule has 3 N–H and O–H groups in total. The molecule has 4 atom stereocenters. The van der Waals surface area contributed by atoms with Crippen LogP contribution in [0.3, 0.4) is 0 Å². The molecule has 0 radical (unpaired) electrons. The zero-order valence-corrected chi connectivity index (χ0v) is 12.8. The third-order valence-corrected chi connectivity index (χ3v) is 6.67. The molecular formula is C18H22O4. The van der Waals surface area contributed by atoms with E-state index in [-0.39, 0.29) is 22.8 Å². The van der Waals surface area contributed by atoms with Gasteiger partial charge >= 0.3 is 0 Å². The summed E-state index contributed by atoms with van der Waals surface area (Å²) < 4.78 is 0. The minimum atomic E-state index is -0.408. The second-order valence-electron chi connectivity index (χ2n) is 7.49. The Bertz CT molecular complexity index is 666. The van der Waals surface area contributed by atoms with Crippen LogP contribution in [-0.2, 0) is 11.2 Å². The average molecular weight is 302 g/mol. The van der Waals surface area contributed by atoms with E-state index in [1.54, 1.807) is 6.07 Å². The van der Waals surface area contributed by atoms with Crippen LogP contribution in [0.1, 0.15) is 56.1 Å². The summed E-state index contributed by atoms with van der Waals surface area (Å²) in [7, 11) is 0. The summed E-state index contributed by atoms with van der Waals surface area (Å²) in [4.78, 5) is 12.3. The summed E-state index contributed by atoms with van der Waals surface area (Å²) >= 11 is 0. The molecule has 2 saturated carbocycles. The molecule has 118 valence electrons. The van der Waals surface area contributed by atoms with Gasteiger partial charge in [-0.15, -0.1) is 0 Å². The van der Waals surface area contributed by atoms with Gasteiger partial charge in [0.25, 0.3) is 0 Å². The van der Waals surface area contributed by atoms with Crippen LogP contribution in [-0.4, -0.2) is 21.1 Å². The number of carbonyl (C=O) groups is 1. The number of phenols is 3. The molecule has 0 heterocycles. The van der Waals surface area contributed by atoms with Crippen molar-refractivity contribution in [3.05, 3.63) is 17.2 Å². The molecule has 4 heteroatoms. The molecule has 0 bridgehead atoms. The maximum atomic E-state index is 12.3. The highest BCUT2D eigenvalue weighted by Gasteiger charge is 2.54. The molecule has 1 aromatic rings. The fourth-order valence-electron chi connectivity index (χ4n) is 5.46. The Kier molecular flexibility index (Phi) is 2.78. The highest BCUT2D eigenvalue weighted by Crippen LogP contribution is 2.61. The van der Waals surface area contributed by atoms with Crippen LogP contribution in [0.15, 0.2) is 6.07 Å². The van der Waals surface area contributed by atoms with Gasteiger partial charge in [0.15, 0.2) is 11.5 Å². The predicted molar refractivity (Wildman–Crippen MR) is 81.1 cm³/mol. The van der Waals surface area contributed by atoms with Crippen molar-refractivity contribution in [3.8, 4) is 17.2 Å². The van der Waals surface area contributed by atoms with Gasteiger partial charge < -0.3 is 15.3 Å². The molecule has 3 aliphatic rings. The first-order valence-corrected chi connectivity index (χ1v) is 8.23. The topological polar surface area (TPSA) is 77.8 Å². The van der Waals surface area contributed by atoms with Gasteiger partial charge in [0.05, 0.1) is 0 Å². The first-order chi connectivity index (χ1) is 10.4. The van der Waals surface area contributed by atoms with Crippen LogP contribution in [0, 0.1) is 17.3 Å². The van der Waals surface area contributed by atoms with Crippen molar-refractivity contribution in [2.45, 2.75) is 51.4 Å². The number of Topliss-reactive ketones (excluding diaryl/α,β-unsaturated/α-hetero) is 1. The van der Waals surface area contributed by atoms with E-state index in [4.69, 9.17) is 0 Å². The van der Waals surface area contributed by atoms with Gasteiger partial charge in [-0.3, -0.25) is 4.79 Å². The lowest BCUT2D eigenvalue weighted by Crippen LogP contribution is -2.42. The molecule has 0 unspecified atom stereocenters. The van der Waals surface area contributed by atoms with Crippen LogP contribution in [0.4, 0.5) is 0 Å². The van der Waals surface area contributed by atoms with Gasteiger partial charge in [-0.2, -0.15) is 0 Å². The van der Waals surface area contributed by atoms with Crippen molar-refractivity contribution < 1.29 is 20.1 Å². The van der Waals surface area contributed by atoms with Gasteiger partial charge in [0, 0.05) is 17.4 Å². The van der Waals surface area contributed by atoms with Crippen molar-refractivity contribution in [2.24, 2.45) is 17.3 Å². The number of benzene rings is 1. The molecule has 0 aliphatic heterocycles. The van der Waals surface area contributed by atoms with E-state index in [0.29, 0.717) is 30.5 Å². The number of ketones is 1. The van der Waals surface area contributed by atoms with Crippen LogP contribution < -0.4 is 0 Å². The van der Waals surface area contributed by atoms with E-state index >= 15 is 0 Å². The van der Waals surface area contributed by atoms with Crippen molar-refractivity contribution >= 4 is 5.78 Å². The number of hydrogen-bond acceptors (Lipinski definition) is 4. The Balaban J connectivity index is 1.78. The summed E-state index contributed by atoms with van der Waals surface area (Å²) in [5, 5.41) is 29.7. The zero-order valence-electron chi connectivity index (χ0n) is 12.8. The molecule has 3 aliphatic carbocycles. The fraction of sp³-hybridized carbons (Fsp3) is 0.611. The molecular weight excluding hydrogens is 280 g/mol. The van der Waals surface area contributed by atoms with E-state index < -0.39 is 5.75 Å². The largest absolute Gasteiger partial charge is 0.504 e. The number of phenolic OH excluding ortho intramolecular Hbond substituents is 3. The minimum absolute atomic E-state index is 0.163. The van der Waals surface area contributed by atoms with Crippen LogP contribution >= 0.6 is 0 Å². The summed E-state index contributed by atoms with van der Waals surface area (Å²) in [5.74, 6) is 0.750. The number of rotatable bonds is 0. The second kappa shape index (κ2) is 4.40. The van der Waals surface area contributed by atoms with Crippen LogP contribution in [0.2, 0.25) is 0 Å². The standard InChI is InChI=1S/C18H22O4/c1-18-7-6-9-10(13(18)4-5-15(18)20)2-3-11-12(9)8-14(19)17(22)16(11)21/h8-10,13,19,21-22H,2-7H2,1H3/t9-,10+,13-,18-/m0/s1. The van der Waals surface area contributed by atoms with E-state index in [9.17, 15) is 20.1 Å². The normalized spacial score (nSPS) is 36.6. The molecule has 1 aromatic carbocycles. The van der Waals surface area contributed by atoms with Crippen molar-refractivity contribution in [3.63, 3.8) is 0 Å². The lowest BCUT2D eigenvalue weighted by molar-refractivity contribution is -0.129. The molecule has 4 nitrogen and oxygen atoms in total. The zero-order chi connectivity index (χ0) is 15.6. The minimum Gasteiger partial charge on any atom is -0.504 e. The number of hydrogen-bond donors (Lipinski definition) is 3. The molecule has 0 aromatic heterocycles. The van der Waals surface area contributed by atoms with E-state index in [1.165, 1.54) is 0 Å². The lowest BCUT2D eigenvalue weighted by atomic mass is 9.55. The highest BCUT2D eigenvalue weighted by atomic mass is 16.3. The average Bonchev–Trinajstić information content (AvgIpc) is 2.80. The maximum absolute atomic E-state index is 12.3. The third-order valence-electron chi connectivity index (χ3n) is 6.67. The van der Waals surface area contributed by atoms with Crippen LogP contribution in [0.25, 0.3) is 0 Å². The summed E-state index contributed by atoms with van der Waals surface area (Å²) in [5.41, 5.74) is 1.59. The highest BCUT2D eigenvalue weighted by molar-refractivity contribution is 5.87. The number of aromatic hydroxyl groups is 3. The first kappa shape index (κ1) is 13.9. The summed E-state index contributed by atoms with van der Waals surface area (Å²) in [6, 6.07) is 1.63. The SMILES string of the molecule is C[C@]12CC[C@@H]3c4cc(O)c(O)c(O)c4CC[C@H]3[C@@H]1CCC2=O. The van der Waals surface area contributed by atoms with Crippen LogP contribution in [0.5, 0.6) is 17.2 Å². The Labute approximate surface area is 129 Å². The fourth-order valence-corrected chi connectivity index (χ4v) is 5.46. The second-order valence-corrected chi connectivity index (χ2v) is 7.49. The predicted octanol–water partition coefficient (Wildman–Crippen LogP) is 3.23. The van der Waals surface area contributed by atoms with Gasteiger partial charge in [-0.25, -0.2) is 0 Å². The van der Waals surface area contributed by atoms with Gasteiger partial charge in [-0.1, -0.05) is 6.92 Å². The Morgan fingerprint density at radius 1 is 1.09 bits per heavy atom. The molecule has 4 rings (SSSR count). The van der Waals surface area contributed by atoms with E-state index in [0.717, 1.165) is 36.8 Å². The Morgan fingerprint density at radius 2 is 1.86 bits per heavy atom. The van der Waals surface area contributed by atoms with E-state index in [1.807, 2.05) is 0 Å². The Hall–Kier alpha value is -1.71. The molecule has 0 amide bonds. The monoisotopic (exact) mass is 302 g/mol. The van der Waals surface area contributed by atoms with Crippen molar-refractivity contribution in [1.29, 1.82) is 0 Å². The Morgan fingerprint density at radius 3 is 2.64 bits per heavy atom. The first-order valence-electron chi connectivity index (χ1n) is 8.23. The number of carbonyl (C=O) groups excluding carboxylic acids is 1. The van der Waals surface area contributed by atoms with Gasteiger partial charge in [-0.05, 0) is 61.5 Å². The molecule has 0 saturated heterocycles. The van der Waals surface area contributed by atoms with Crippen molar-refractivity contribution in [2.75, 3.05) is 0 Å².